The van der Waals surface area contributed by atoms with Crippen LogP contribution in [0.5, 0.6) is 0 Å². The number of hydrogen-bond acceptors (Lipinski definition) is 4. The lowest BCUT2D eigenvalue weighted by Gasteiger charge is -1.96. The molecule has 0 atom stereocenters. The second-order valence-electron chi connectivity index (χ2n) is 3.37. The number of pyridine rings is 1. The molecule has 2 heterocycles. The fourth-order valence-corrected chi connectivity index (χ4v) is 2.15. The van der Waals surface area contributed by atoms with E-state index in [0.717, 1.165) is 29.2 Å². The molecule has 0 amide bonds. The molecular weight excluding hydrogens is 225 g/mol. The molecule has 1 N–H and O–H groups in total. The molecule has 0 aliphatic rings. The molecule has 0 spiro atoms. The van der Waals surface area contributed by atoms with Crippen molar-refractivity contribution in [3.63, 3.8) is 0 Å². The molecule has 0 fully saturated rings. The molecule has 0 aliphatic carbocycles. The maximum atomic E-state index is 13.0. The lowest BCUT2D eigenvalue weighted by molar-refractivity contribution is 0.622. The third kappa shape index (κ3) is 2.62. The molecule has 2 aromatic heterocycles. The van der Waals surface area contributed by atoms with E-state index in [1.54, 1.807) is 17.5 Å². The Morgan fingerprint density at radius 2 is 2.31 bits per heavy atom. The molecular formula is C11H12FN3S. The lowest BCUT2D eigenvalue weighted by Crippen LogP contribution is -2.09. The predicted octanol–water partition coefficient (Wildman–Crippen LogP) is 2.11. The van der Waals surface area contributed by atoms with E-state index in [1.807, 2.05) is 12.4 Å². The van der Waals surface area contributed by atoms with Crippen LogP contribution in [0.1, 0.15) is 5.01 Å². The van der Waals surface area contributed by atoms with Crippen molar-refractivity contribution in [2.75, 3.05) is 13.6 Å². The number of thiazole rings is 1. The van der Waals surface area contributed by atoms with Crippen LogP contribution in [-0.2, 0) is 6.42 Å². The van der Waals surface area contributed by atoms with Gasteiger partial charge in [0.15, 0.2) is 0 Å². The van der Waals surface area contributed by atoms with Crippen LogP contribution in [0.3, 0.4) is 0 Å². The summed E-state index contributed by atoms with van der Waals surface area (Å²) in [6.07, 6.45) is 3.71. The number of aromatic nitrogens is 2. The van der Waals surface area contributed by atoms with Gasteiger partial charge in [0.05, 0.1) is 16.9 Å². The second-order valence-corrected chi connectivity index (χ2v) is 4.31. The van der Waals surface area contributed by atoms with Gasteiger partial charge in [-0.05, 0) is 13.1 Å². The van der Waals surface area contributed by atoms with Crippen LogP contribution < -0.4 is 5.32 Å². The Hall–Kier alpha value is -1.33. The maximum Gasteiger partial charge on any atom is 0.142 e. The van der Waals surface area contributed by atoms with Crippen LogP contribution in [-0.4, -0.2) is 23.6 Å². The molecule has 0 saturated heterocycles. The molecule has 0 saturated carbocycles. The maximum absolute atomic E-state index is 13.0. The highest BCUT2D eigenvalue weighted by Crippen LogP contribution is 2.21. The van der Waals surface area contributed by atoms with Crippen molar-refractivity contribution in [1.29, 1.82) is 0 Å². The molecule has 0 aromatic carbocycles. The van der Waals surface area contributed by atoms with Crippen LogP contribution in [0.4, 0.5) is 4.39 Å². The van der Waals surface area contributed by atoms with Gasteiger partial charge in [0, 0.05) is 30.1 Å². The molecule has 0 unspecified atom stereocenters. The van der Waals surface area contributed by atoms with Crippen LogP contribution in [0.25, 0.3) is 11.3 Å². The first-order valence-corrected chi connectivity index (χ1v) is 5.87. The van der Waals surface area contributed by atoms with Crippen LogP contribution in [0, 0.1) is 5.82 Å². The van der Waals surface area contributed by atoms with E-state index in [0.29, 0.717) is 0 Å². The zero-order valence-corrected chi connectivity index (χ0v) is 9.72. The third-order valence-corrected chi connectivity index (χ3v) is 3.05. The first-order valence-electron chi connectivity index (χ1n) is 4.99. The van der Waals surface area contributed by atoms with Gasteiger partial charge in [-0.15, -0.1) is 11.3 Å². The highest BCUT2D eigenvalue weighted by atomic mass is 32.1. The first-order chi connectivity index (χ1) is 7.79. The summed E-state index contributed by atoms with van der Waals surface area (Å²) in [4.78, 5) is 8.24. The van der Waals surface area contributed by atoms with Gasteiger partial charge >= 0.3 is 0 Å². The van der Waals surface area contributed by atoms with E-state index < -0.39 is 0 Å². The summed E-state index contributed by atoms with van der Waals surface area (Å²) in [5.74, 6) is -0.331. The minimum absolute atomic E-state index is 0.331. The van der Waals surface area contributed by atoms with Gasteiger partial charge in [0.1, 0.15) is 5.82 Å². The van der Waals surface area contributed by atoms with E-state index in [1.165, 1.54) is 12.3 Å². The minimum atomic E-state index is -0.331. The zero-order valence-electron chi connectivity index (χ0n) is 8.90. The highest BCUT2D eigenvalue weighted by molar-refractivity contribution is 7.09. The van der Waals surface area contributed by atoms with Crippen LogP contribution >= 0.6 is 11.3 Å². The first kappa shape index (κ1) is 11.2. The largest absolute Gasteiger partial charge is 0.319 e. The van der Waals surface area contributed by atoms with Crippen molar-refractivity contribution in [3.05, 3.63) is 34.7 Å². The van der Waals surface area contributed by atoms with E-state index >= 15 is 0 Å². The standard InChI is InChI=1S/C11H12FN3S/c1-13-3-2-11-15-10(7-16-11)8-4-9(12)6-14-5-8/h4-7,13H,2-3H2,1H3. The fourth-order valence-electron chi connectivity index (χ4n) is 1.34. The number of hydrogen-bond donors (Lipinski definition) is 1. The number of likely N-dealkylation sites (N-methyl/N-ethyl adjacent to an activating group) is 1. The summed E-state index contributed by atoms with van der Waals surface area (Å²) in [6, 6.07) is 1.45. The van der Waals surface area contributed by atoms with Gasteiger partial charge in [0.2, 0.25) is 0 Å². The Bertz CT molecular complexity index is 470. The summed E-state index contributed by atoms with van der Waals surface area (Å²) in [5, 5.41) is 6.05. The van der Waals surface area contributed by atoms with Gasteiger partial charge in [-0.2, -0.15) is 0 Å². The smallest absolute Gasteiger partial charge is 0.142 e. The van der Waals surface area contributed by atoms with Crippen molar-refractivity contribution in [2.24, 2.45) is 0 Å². The molecule has 5 heteroatoms. The van der Waals surface area contributed by atoms with Crippen molar-refractivity contribution in [3.8, 4) is 11.3 Å². The van der Waals surface area contributed by atoms with Gasteiger partial charge in [-0.1, -0.05) is 0 Å². The summed E-state index contributed by atoms with van der Waals surface area (Å²) >= 11 is 1.59. The Morgan fingerprint density at radius 3 is 3.06 bits per heavy atom. The van der Waals surface area contributed by atoms with Crippen molar-refractivity contribution in [2.45, 2.75) is 6.42 Å². The zero-order chi connectivity index (χ0) is 11.4. The Labute approximate surface area is 97.4 Å². The van der Waals surface area contributed by atoms with Crippen molar-refractivity contribution in [1.82, 2.24) is 15.3 Å². The van der Waals surface area contributed by atoms with E-state index in [4.69, 9.17) is 0 Å². The number of halogens is 1. The number of nitrogens with one attached hydrogen (secondary N) is 1. The normalized spacial score (nSPS) is 10.6. The van der Waals surface area contributed by atoms with E-state index in [-0.39, 0.29) is 5.82 Å². The van der Waals surface area contributed by atoms with Gasteiger partial charge < -0.3 is 5.32 Å². The fraction of sp³-hybridized carbons (Fsp3) is 0.273. The number of nitrogens with zero attached hydrogens (tertiary/aromatic N) is 2. The monoisotopic (exact) mass is 237 g/mol. The SMILES string of the molecule is CNCCc1nc(-c2cncc(F)c2)cs1. The Balaban J connectivity index is 2.18. The van der Waals surface area contributed by atoms with E-state index in [2.05, 4.69) is 15.3 Å². The molecule has 0 radical (unpaired) electrons. The number of rotatable bonds is 4. The second kappa shape index (κ2) is 5.14. The van der Waals surface area contributed by atoms with Crippen molar-refractivity contribution >= 4 is 11.3 Å². The third-order valence-electron chi connectivity index (χ3n) is 2.14. The summed E-state index contributed by atoms with van der Waals surface area (Å²) in [7, 11) is 1.91. The predicted molar refractivity (Wildman–Crippen MR) is 62.9 cm³/mol. The lowest BCUT2D eigenvalue weighted by atomic mass is 10.2. The Morgan fingerprint density at radius 1 is 1.44 bits per heavy atom. The minimum Gasteiger partial charge on any atom is -0.319 e. The molecule has 2 rings (SSSR count). The molecule has 2 aromatic rings. The summed E-state index contributed by atoms with van der Waals surface area (Å²) in [6.45, 7) is 0.897. The van der Waals surface area contributed by atoms with Crippen LogP contribution in [0.15, 0.2) is 23.8 Å². The van der Waals surface area contributed by atoms with E-state index in [9.17, 15) is 4.39 Å². The average molecular weight is 237 g/mol. The summed E-state index contributed by atoms with van der Waals surface area (Å²) < 4.78 is 13.0. The Kier molecular flexibility index (Phi) is 3.58. The van der Waals surface area contributed by atoms with Gasteiger partial charge in [-0.3, -0.25) is 4.98 Å². The van der Waals surface area contributed by atoms with Gasteiger partial charge in [-0.25, -0.2) is 9.37 Å². The summed E-state index contributed by atoms with van der Waals surface area (Å²) in [5.41, 5.74) is 1.52. The molecule has 3 nitrogen and oxygen atoms in total. The molecule has 0 aliphatic heterocycles. The van der Waals surface area contributed by atoms with Crippen molar-refractivity contribution < 1.29 is 4.39 Å². The molecule has 84 valence electrons. The average Bonchev–Trinajstić information content (AvgIpc) is 2.75. The van der Waals surface area contributed by atoms with Gasteiger partial charge in [0.25, 0.3) is 0 Å². The molecule has 16 heavy (non-hydrogen) atoms. The van der Waals surface area contributed by atoms with Crippen LogP contribution in [0.2, 0.25) is 0 Å². The molecule has 0 bridgehead atoms. The topological polar surface area (TPSA) is 37.8 Å². The highest BCUT2D eigenvalue weighted by Gasteiger charge is 2.05. The quantitative estimate of drug-likeness (QED) is 0.885.